The first-order valence-electron chi connectivity index (χ1n) is 5.47. The van der Waals surface area contributed by atoms with Crippen LogP contribution in [0.3, 0.4) is 0 Å². The summed E-state index contributed by atoms with van der Waals surface area (Å²) >= 11 is 0. The number of carbonyl (C=O) groups excluding carboxylic acids is 1. The normalized spacial score (nSPS) is 24.3. The van der Waals surface area contributed by atoms with E-state index in [1.54, 1.807) is 24.3 Å². The van der Waals surface area contributed by atoms with Gasteiger partial charge in [-0.05, 0) is 36.7 Å². The molecule has 0 aromatic heterocycles. The highest BCUT2D eigenvalue weighted by Gasteiger charge is 2.29. The highest BCUT2D eigenvalue weighted by Crippen LogP contribution is 2.19. The molecule has 2 atom stereocenters. The van der Waals surface area contributed by atoms with Crippen molar-refractivity contribution in [3.63, 3.8) is 0 Å². The van der Waals surface area contributed by atoms with Gasteiger partial charge in [-0.2, -0.15) is 0 Å². The van der Waals surface area contributed by atoms with E-state index < -0.39 is 0 Å². The molecular weight excluding hydrogens is 204 g/mol. The van der Waals surface area contributed by atoms with Crippen molar-refractivity contribution in [1.82, 2.24) is 5.32 Å². The highest BCUT2D eigenvalue weighted by molar-refractivity contribution is 5.93. The van der Waals surface area contributed by atoms with Crippen LogP contribution in [0.5, 0.6) is 5.75 Å². The van der Waals surface area contributed by atoms with Crippen LogP contribution >= 0.6 is 0 Å². The summed E-state index contributed by atoms with van der Waals surface area (Å²) in [5, 5.41) is 15.2. The molecule has 0 aliphatic carbocycles. The van der Waals surface area contributed by atoms with E-state index in [4.69, 9.17) is 5.11 Å². The minimum absolute atomic E-state index is 0.0359. The number of benzene rings is 1. The average molecular weight is 220 g/mol. The molecule has 1 fully saturated rings. The number of phenols is 1. The van der Waals surface area contributed by atoms with Gasteiger partial charge in [-0.25, -0.2) is 0 Å². The van der Waals surface area contributed by atoms with Gasteiger partial charge >= 0.3 is 0 Å². The van der Waals surface area contributed by atoms with E-state index in [0.29, 0.717) is 5.92 Å². The number of aromatic hydroxyl groups is 1. The first-order chi connectivity index (χ1) is 7.66. The topological polar surface area (TPSA) is 61.4 Å². The molecule has 0 radical (unpaired) electrons. The summed E-state index contributed by atoms with van der Waals surface area (Å²) < 4.78 is 0. The SMILES string of the molecule is C[C@@H]1CNC[C@H]1C(=O)Nc1ccc(O)cc1. The maximum atomic E-state index is 11.9. The molecule has 1 aromatic rings. The molecule has 4 nitrogen and oxygen atoms in total. The third-order valence-electron chi connectivity index (χ3n) is 2.99. The molecule has 0 unspecified atom stereocenters. The van der Waals surface area contributed by atoms with Crippen molar-refractivity contribution >= 4 is 11.6 Å². The standard InChI is InChI=1S/C12H16N2O2/c1-8-6-13-7-11(8)12(16)14-9-2-4-10(15)5-3-9/h2-5,8,11,13,15H,6-7H2,1H3,(H,14,16)/t8-,11-/m1/s1. The monoisotopic (exact) mass is 220 g/mol. The predicted octanol–water partition coefficient (Wildman–Crippen LogP) is 1.19. The van der Waals surface area contributed by atoms with Gasteiger partial charge in [-0.15, -0.1) is 0 Å². The molecule has 3 N–H and O–H groups in total. The molecule has 1 aliphatic heterocycles. The molecule has 1 amide bonds. The van der Waals surface area contributed by atoms with Crippen LogP contribution in [-0.2, 0) is 4.79 Å². The molecule has 1 heterocycles. The van der Waals surface area contributed by atoms with Crippen LogP contribution in [0.15, 0.2) is 24.3 Å². The Balaban J connectivity index is 1.99. The summed E-state index contributed by atoms with van der Waals surface area (Å²) in [5.74, 6) is 0.656. The predicted molar refractivity (Wildman–Crippen MR) is 62.3 cm³/mol. The summed E-state index contributed by atoms with van der Waals surface area (Å²) in [6, 6.07) is 6.51. The van der Waals surface area contributed by atoms with E-state index in [1.165, 1.54) is 0 Å². The van der Waals surface area contributed by atoms with Gasteiger partial charge in [0.25, 0.3) is 0 Å². The summed E-state index contributed by atoms with van der Waals surface area (Å²) in [4.78, 5) is 11.9. The van der Waals surface area contributed by atoms with E-state index in [1.807, 2.05) is 0 Å². The third-order valence-corrected chi connectivity index (χ3v) is 2.99. The molecule has 86 valence electrons. The molecule has 1 aromatic carbocycles. The van der Waals surface area contributed by atoms with Crippen molar-refractivity contribution in [1.29, 1.82) is 0 Å². The Morgan fingerprint density at radius 2 is 2.06 bits per heavy atom. The van der Waals surface area contributed by atoms with Crippen molar-refractivity contribution in [3.05, 3.63) is 24.3 Å². The van der Waals surface area contributed by atoms with Gasteiger partial charge in [0, 0.05) is 12.2 Å². The molecule has 0 spiro atoms. The van der Waals surface area contributed by atoms with Gasteiger partial charge in [0.05, 0.1) is 5.92 Å². The van der Waals surface area contributed by atoms with Crippen molar-refractivity contribution in [3.8, 4) is 5.75 Å². The van der Waals surface area contributed by atoms with Crippen LogP contribution in [0.25, 0.3) is 0 Å². The fourth-order valence-corrected chi connectivity index (χ4v) is 1.94. The minimum atomic E-state index is 0.0359. The van der Waals surface area contributed by atoms with Crippen LogP contribution in [0.2, 0.25) is 0 Å². The lowest BCUT2D eigenvalue weighted by molar-refractivity contribution is -0.120. The molecule has 0 bridgehead atoms. The number of rotatable bonds is 2. The van der Waals surface area contributed by atoms with Crippen LogP contribution in [0, 0.1) is 11.8 Å². The zero-order valence-corrected chi connectivity index (χ0v) is 9.23. The Morgan fingerprint density at radius 1 is 1.38 bits per heavy atom. The Kier molecular flexibility index (Phi) is 3.10. The Bertz CT molecular complexity index is 375. The van der Waals surface area contributed by atoms with Crippen LogP contribution in [0.4, 0.5) is 5.69 Å². The Morgan fingerprint density at radius 3 is 2.62 bits per heavy atom. The van der Waals surface area contributed by atoms with E-state index in [-0.39, 0.29) is 17.6 Å². The van der Waals surface area contributed by atoms with Crippen molar-refractivity contribution in [2.75, 3.05) is 18.4 Å². The first-order valence-corrected chi connectivity index (χ1v) is 5.47. The number of hydrogen-bond acceptors (Lipinski definition) is 3. The molecule has 0 saturated carbocycles. The maximum absolute atomic E-state index is 11.9. The molecule has 1 aliphatic rings. The van der Waals surface area contributed by atoms with Gasteiger partial charge < -0.3 is 15.7 Å². The second-order valence-electron chi connectivity index (χ2n) is 4.28. The number of phenolic OH excluding ortho intramolecular Hbond substituents is 1. The van der Waals surface area contributed by atoms with Crippen molar-refractivity contribution in [2.24, 2.45) is 11.8 Å². The van der Waals surface area contributed by atoms with Crippen LogP contribution in [0.1, 0.15) is 6.92 Å². The van der Waals surface area contributed by atoms with Gasteiger partial charge in [0.1, 0.15) is 5.75 Å². The van der Waals surface area contributed by atoms with Crippen LogP contribution < -0.4 is 10.6 Å². The van der Waals surface area contributed by atoms with Gasteiger partial charge in [0.15, 0.2) is 0 Å². The largest absolute Gasteiger partial charge is 0.508 e. The van der Waals surface area contributed by atoms with E-state index in [0.717, 1.165) is 18.8 Å². The lowest BCUT2D eigenvalue weighted by Gasteiger charge is -2.14. The number of amides is 1. The summed E-state index contributed by atoms with van der Waals surface area (Å²) in [5.41, 5.74) is 0.724. The fraction of sp³-hybridized carbons (Fsp3) is 0.417. The second kappa shape index (κ2) is 4.53. The summed E-state index contributed by atoms with van der Waals surface area (Å²) in [7, 11) is 0. The molecule has 1 saturated heterocycles. The minimum Gasteiger partial charge on any atom is -0.508 e. The number of anilines is 1. The number of hydrogen-bond donors (Lipinski definition) is 3. The Labute approximate surface area is 94.7 Å². The van der Waals surface area contributed by atoms with E-state index in [9.17, 15) is 4.79 Å². The van der Waals surface area contributed by atoms with Crippen molar-refractivity contribution < 1.29 is 9.90 Å². The van der Waals surface area contributed by atoms with Gasteiger partial charge in [-0.3, -0.25) is 4.79 Å². The lowest BCUT2D eigenvalue weighted by atomic mass is 9.97. The molecule has 2 rings (SSSR count). The Hall–Kier alpha value is -1.55. The zero-order chi connectivity index (χ0) is 11.5. The lowest BCUT2D eigenvalue weighted by Crippen LogP contribution is -2.27. The third kappa shape index (κ3) is 2.33. The average Bonchev–Trinajstić information content (AvgIpc) is 2.68. The zero-order valence-electron chi connectivity index (χ0n) is 9.23. The summed E-state index contributed by atoms with van der Waals surface area (Å²) in [6.07, 6.45) is 0. The summed E-state index contributed by atoms with van der Waals surface area (Å²) in [6.45, 7) is 3.71. The smallest absolute Gasteiger partial charge is 0.229 e. The van der Waals surface area contributed by atoms with Crippen LogP contribution in [-0.4, -0.2) is 24.1 Å². The maximum Gasteiger partial charge on any atom is 0.229 e. The van der Waals surface area contributed by atoms with E-state index in [2.05, 4.69) is 17.6 Å². The molecule has 16 heavy (non-hydrogen) atoms. The quantitative estimate of drug-likeness (QED) is 0.656. The number of nitrogens with one attached hydrogen (secondary N) is 2. The molecular formula is C12H16N2O2. The number of carbonyl (C=O) groups is 1. The van der Waals surface area contributed by atoms with Crippen molar-refractivity contribution in [2.45, 2.75) is 6.92 Å². The first kappa shape index (κ1) is 11.0. The van der Waals surface area contributed by atoms with E-state index >= 15 is 0 Å². The fourth-order valence-electron chi connectivity index (χ4n) is 1.94. The highest BCUT2D eigenvalue weighted by atomic mass is 16.3. The molecule has 4 heteroatoms. The van der Waals surface area contributed by atoms with Gasteiger partial charge in [0.2, 0.25) is 5.91 Å². The van der Waals surface area contributed by atoms with Gasteiger partial charge in [-0.1, -0.05) is 6.92 Å². The second-order valence-corrected chi connectivity index (χ2v) is 4.28.